The van der Waals surface area contributed by atoms with E-state index in [9.17, 15) is 13.2 Å². The Bertz CT molecular complexity index is 632. The summed E-state index contributed by atoms with van der Waals surface area (Å²) in [6.07, 6.45) is 1.48. The predicted octanol–water partition coefficient (Wildman–Crippen LogP) is 3.71. The highest BCUT2D eigenvalue weighted by Crippen LogP contribution is 2.22. The maximum atomic E-state index is 13.6. The molecule has 0 aliphatic carbocycles. The molecule has 0 fully saturated rings. The summed E-state index contributed by atoms with van der Waals surface area (Å²) in [5.41, 5.74) is -0.227. The summed E-state index contributed by atoms with van der Waals surface area (Å²) in [6, 6.07) is 3.59. The van der Waals surface area contributed by atoms with E-state index in [1.165, 1.54) is 6.20 Å². The molecule has 2 rings (SSSR count). The number of aromatic nitrogens is 2. The highest BCUT2D eigenvalue weighted by molar-refractivity contribution is 5.55. The summed E-state index contributed by atoms with van der Waals surface area (Å²) >= 11 is 0. The molecular formula is C14H15F3N4. The largest absolute Gasteiger partial charge is 0.370 e. The molecular weight excluding hydrogens is 281 g/mol. The van der Waals surface area contributed by atoms with Gasteiger partial charge in [-0.1, -0.05) is 13.8 Å². The Morgan fingerprint density at radius 2 is 1.86 bits per heavy atom. The molecule has 7 heteroatoms. The van der Waals surface area contributed by atoms with Crippen LogP contribution in [-0.4, -0.2) is 16.5 Å². The molecule has 0 bridgehead atoms. The lowest BCUT2D eigenvalue weighted by Crippen LogP contribution is -2.10. The van der Waals surface area contributed by atoms with Crippen molar-refractivity contribution in [2.45, 2.75) is 13.8 Å². The molecule has 1 aromatic carbocycles. The molecule has 1 heterocycles. The predicted molar refractivity (Wildman–Crippen MR) is 75.0 cm³/mol. The smallest absolute Gasteiger partial charge is 0.229 e. The van der Waals surface area contributed by atoms with Gasteiger partial charge in [-0.15, -0.1) is 0 Å². The SMILES string of the molecule is CC(C)CNc1ccnc(Nc2ccc(F)c(F)c2F)n1. The Hall–Kier alpha value is -2.31. The highest BCUT2D eigenvalue weighted by Gasteiger charge is 2.14. The number of nitrogens with one attached hydrogen (secondary N) is 2. The number of halogens is 3. The second-order valence-electron chi connectivity index (χ2n) is 4.89. The van der Waals surface area contributed by atoms with E-state index >= 15 is 0 Å². The van der Waals surface area contributed by atoms with Crippen molar-refractivity contribution in [2.24, 2.45) is 5.92 Å². The van der Waals surface area contributed by atoms with Gasteiger partial charge in [0, 0.05) is 12.7 Å². The molecule has 0 saturated heterocycles. The summed E-state index contributed by atoms with van der Waals surface area (Å²) in [5.74, 6) is -3.00. The van der Waals surface area contributed by atoms with Crippen LogP contribution >= 0.6 is 0 Å². The molecule has 0 aliphatic heterocycles. The maximum Gasteiger partial charge on any atom is 0.229 e. The first-order chi connectivity index (χ1) is 9.97. The number of hydrogen-bond acceptors (Lipinski definition) is 4. The number of hydrogen-bond donors (Lipinski definition) is 2. The second kappa shape index (κ2) is 6.43. The van der Waals surface area contributed by atoms with Crippen LogP contribution in [-0.2, 0) is 0 Å². The Kier molecular flexibility index (Phi) is 4.62. The summed E-state index contributed by atoms with van der Waals surface area (Å²) in [7, 11) is 0. The lowest BCUT2D eigenvalue weighted by molar-refractivity contribution is 0.449. The van der Waals surface area contributed by atoms with Crippen molar-refractivity contribution < 1.29 is 13.2 Å². The minimum Gasteiger partial charge on any atom is -0.370 e. The van der Waals surface area contributed by atoms with Gasteiger partial charge >= 0.3 is 0 Å². The number of benzene rings is 1. The molecule has 2 N–H and O–H groups in total. The quantitative estimate of drug-likeness (QED) is 0.826. The van der Waals surface area contributed by atoms with Gasteiger partial charge in [-0.05, 0) is 24.1 Å². The summed E-state index contributed by atoms with van der Waals surface area (Å²) < 4.78 is 39.5. The van der Waals surface area contributed by atoms with Crippen LogP contribution in [0, 0.1) is 23.4 Å². The number of rotatable bonds is 5. The topological polar surface area (TPSA) is 49.8 Å². The average molecular weight is 296 g/mol. The van der Waals surface area contributed by atoms with E-state index in [2.05, 4.69) is 20.6 Å². The first-order valence-electron chi connectivity index (χ1n) is 6.45. The van der Waals surface area contributed by atoms with Crippen molar-refractivity contribution in [3.05, 3.63) is 41.8 Å². The fourth-order valence-electron chi connectivity index (χ4n) is 1.57. The molecule has 0 spiro atoms. The maximum absolute atomic E-state index is 13.6. The first-order valence-corrected chi connectivity index (χ1v) is 6.45. The van der Waals surface area contributed by atoms with E-state index in [0.717, 1.165) is 18.7 Å². The molecule has 0 amide bonds. The lowest BCUT2D eigenvalue weighted by Gasteiger charge is -2.10. The molecule has 112 valence electrons. The van der Waals surface area contributed by atoms with Crippen molar-refractivity contribution in [1.82, 2.24) is 9.97 Å². The van der Waals surface area contributed by atoms with E-state index in [0.29, 0.717) is 11.7 Å². The van der Waals surface area contributed by atoms with Gasteiger partial charge in [0.1, 0.15) is 5.82 Å². The van der Waals surface area contributed by atoms with E-state index < -0.39 is 17.5 Å². The monoisotopic (exact) mass is 296 g/mol. The Morgan fingerprint density at radius 1 is 1.10 bits per heavy atom. The van der Waals surface area contributed by atoms with Gasteiger partial charge in [-0.25, -0.2) is 18.2 Å². The Balaban J connectivity index is 2.16. The normalized spacial score (nSPS) is 10.8. The van der Waals surface area contributed by atoms with E-state index in [4.69, 9.17) is 0 Å². The molecule has 0 saturated carbocycles. The van der Waals surface area contributed by atoms with Crippen LogP contribution in [0.2, 0.25) is 0 Å². The van der Waals surface area contributed by atoms with Crippen molar-refractivity contribution >= 4 is 17.5 Å². The zero-order valence-corrected chi connectivity index (χ0v) is 11.6. The Morgan fingerprint density at radius 3 is 2.57 bits per heavy atom. The second-order valence-corrected chi connectivity index (χ2v) is 4.89. The van der Waals surface area contributed by atoms with Gasteiger partial charge in [0.05, 0.1) is 5.69 Å². The van der Waals surface area contributed by atoms with Crippen LogP contribution in [0.15, 0.2) is 24.4 Å². The summed E-state index contributed by atoms with van der Waals surface area (Å²) in [5, 5.41) is 5.61. The zero-order valence-electron chi connectivity index (χ0n) is 11.6. The van der Waals surface area contributed by atoms with E-state index in [1.54, 1.807) is 6.07 Å². The van der Waals surface area contributed by atoms with Crippen LogP contribution in [0.25, 0.3) is 0 Å². The minimum absolute atomic E-state index is 0.0914. The molecule has 21 heavy (non-hydrogen) atoms. The molecule has 4 nitrogen and oxygen atoms in total. The average Bonchev–Trinajstić information content (AvgIpc) is 2.46. The van der Waals surface area contributed by atoms with E-state index in [1.807, 2.05) is 13.8 Å². The zero-order chi connectivity index (χ0) is 15.4. The van der Waals surface area contributed by atoms with Crippen LogP contribution in [0.3, 0.4) is 0 Å². The van der Waals surface area contributed by atoms with Gasteiger partial charge in [0.2, 0.25) is 5.95 Å². The number of nitrogens with zero attached hydrogens (tertiary/aromatic N) is 2. The fraction of sp³-hybridized carbons (Fsp3) is 0.286. The fourth-order valence-corrected chi connectivity index (χ4v) is 1.57. The van der Waals surface area contributed by atoms with Gasteiger partial charge in [-0.3, -0.25) is 0 Å². The van der Waals surface area contributed by atoms with E-state index in [-0.39, 0.29) is 11.6 Å². The van der Waals surface area contributed by atoms with Crippen molar-refractivity contribution in [3.63, 3.8) is 0 Å². The molecule has 0 aliphatic rings. The minimum atomic E-state index is -1.53. The third-order valence-electron chi connectivity index (χ3n) is 2.63. The van der Waals surface area contributed by atoms with Gasteiger partial charge in [0.25, 0.3) is 0 Å². The molecule has 0 atom stereocenters. The molecule has 2 aromatic rings. The van der Waals surface area contributed by atoms with Crippen molar-refractivity contribution in [2.75, 3.05) is 17.2 Å². The van der Waals surface area contributed by atoms with Crippen LogP contribution < -0.4 is 10.6 Å². The number of anilines is 3. The van der Waals surface area contributed by atoms with Crippen LogP contribution in [0.1, 0.15) is 13.8 Å². The molecule has 0 unspecified atom stereocenters. The first kappa shape index (κ1) is 15.1. The van der Waals surface area contributed by atoms with Gasteiger partial charge in [-0.2, -0.15) is 4.98 Å². The van der Waals surface area contributed by atoms with Gasteiger partial charge < -0.3 is 10.6 Å². The third kappa shape index (κ3) is 3.84. The van der Waals surface area contributed by atoms with Crippen LogP contribution in [0.4, 0.5) is 30.6 Å². The van der Waals surface area contributed by atoms with Gasteiger partial charge in [0.15, 0.2) is 17.5 Å². The van der Waals surface area contributed by atoms with Crippen molar-refractivity contribution in [3.8, 4) is 0 Å². The Labute approximate surface area is 120 Å². The summed E-state index contributed by atoms with van der Waals surface area (Å²) in [6.45, 7) is 4.81. The summed E-state index contributed by atoms with van der Waals surface area (Å²) in [4.78, 5) is 8.03. The highest BCUT2D eigenvalue weighted by atomic mass is 19.2. The third-order valence-corrected chi connectivity index (χ3v) is 2.63. The van der Waals surface area contributed by atoms with Crippen LogP contribution in [0.5, 0.6) is 0 Å². The lowest BCUT2D eigenvalue weighted by atomic mass is 10.2. The van der Waals surface area contributed by atoms with Crippen molar-refractivity contribution in [1.29, 1.82) is 0 Å². The molecule has 0 radical (unpaired) electrons. The standard InChI is InChI=1S/C14H15F3N4/c1-8(2)7-19-11-5-6-18-14(21-11)20-10-4-3-9(15)12(16)13(10)17/h3-6,8H,7H2,1-2H3,(H2,18,19,20,21). The molecule has 1 aromatic heterocycles.